The van der Waals surface area contributed by atoms with E-state index in [-0.39, 0.29) is 5.91 Å². The zero-order valence-corrected chi connectivity index (χ0v) is 10.6. The van der Waals surface area contributed by atoms with Gasteiger partial charge in [0, 0.05) is 18.8 Å². The smallest absolute Gasteiger partial charge is 0.265 e. The molecule has 1 heterocycles. The van der Waals surface area contributed by atoms with Gasteiger partial charge in [0.05, 0.1) is 5.69 Å². The van der Waals surface area contributed by atoms with E-state index in [4.69, 9.17) is 4.74 Å². The number of hydrogen-bond donors (Lipinski definition) is 3. The van der Waals surface area contributed by atoms with Gasteiger partial charge in [0.25, 0.3) is 5.91 Å². The van der Waals surface area contributed by atoms with E-state index >= 15 is 0 Å². The summed E-state index contributed by atoms with van der Waals surface area (Å²) in [7, 11) is 0. The van der Waals surface area contributed by atoms with Crippen molar-refractivity contribution in [3.8, 4) is 5.75 Å². The summed E-state index contributed by atoms with van der Waals surface area (Å²) in [5.74, 6) is 1.44. The van der Waals surface area contributed by atoms with Crippen LogP contribution in [-0.2, 0) is 11.3 Å². The molecule has 2 rings (SSSR count). The molecule has 1 atom stereocenters. The molecule has 0 saturated heterocycles. The second-order valence-electron chi connectivity index (χ2n) is 3.98. The lowest BCUT2D eigenvalue weighted by Gasteiger charge is -2.23. The van der Waals surface area contributed by atoms with Crippen molar-refractivity contribution < 1.29 is 9.53 Å². The Balaban J connectivity index is 2.09. The zero-order chi connectivity index (χ0) is 12.3. The fourth-order valence-corrected chi connectivity index (χ4v) is 1.84. The summed E-state index contributed by atoms with van der Waals surface area (Å²) in [6.07, 6.45) is -0.421. The Hall–Kier alpha value is -1.20. The molecule has 1 unspecified atom stereocenters. The summed E-state index contributed by atoms with van der Waals surface area (Å²) in [5.41, 5.74) is 1.86. The number of thiol groups is 1. The summed E-state index contributed by atoms with van der Waals surface area (Å²) in [6.45, 7) is 3.36. The van der Waals surface area contributed by atoms with Gasteiger partial charge in [-0.3, -0.25) is 4.79 Å². The molecule has 0 aromatic heterocycles. The average molecular weight is 252 g/mol. The normalized spacial score (nSPS) is 18.2. The zero-order valence-electron chi connectivity index (χ0n) is 9.69. The minimum absolute atomic E-state index is 0.0991. The number of rotatable bonds is 4. The van der Waals surface area contributed by atoms with Gasteiger partial charge in [-0.1, -0.05) is 6.07 Å². The summed E-state index contributed by atoms with van der Waals surface area (Å²) >= 11 is 4.13. The molecule has 4 nitrogen and oxygen atoms in total. The van der Waals surface area contributed by atoms with E-state index in [0.717, 1.165) is 35.8 Å². The Kier molecular flexibility index (Phi) is 3.91. The predicted octanol–water partition coefficient (Wildman–Crippen LogP) is 1.43. The van der Waals surface area contributed by atoms with Crippen molar-refractivity contribution in [1.82, 2.24) is 5.32 Å². The summed E-state index contributed by atoms with van der Waals surface area (Å²) < 4.78 is 5.48. The van der Waals surface area contributed by atoms with E-state index in [9.17, 15) is 4.79 Å². The van der Waals surface area contributed by atoms with Gasteiger partial charge in [-0.2, -0.15) is 12.6 Å². The van der Waals surface area contributed by atoms with Crippen LogP contribution < -0.4 is 15.4 Å². The van der Waals surface area contributed by atoms with Gasteiger partial charge in [-0.05, 0) is 24.6 Å². The van der Waals surface area contributed by atoms with Gasteiger partial charge in [-0.15, -0.1) is 0 Å². The van der Waals surface area contributed by atoms with Crippen LogP contribution in [0, 0.1) is 0 Å². The lowest BCUT2D eigenvalue weighted by Crippen LogP contribution is -2.34. The third-order valence-corrected chi connectivity index (χ3v) is 2.82. The number of nitrogens with one attached hydrogen (secondary N) is 2. The highest BCUT2D eigenvalue weighted by molar-refractivity contribution is 7.80. The first-order valence-electron chi connectivity index (χ1n) is 5.62. The third-order valence-electron chi connectivity index (χ3n) is 2.59. The number of carbonyl (C=O) groups is 1. The second kappa shape index (κ2) is 5.42. The first-order chi connectivity index (χ1) is 8.20. The first-order valence-corrected chi connectivity index (χ1v) is 6.26. The van der Waals surface area contributed by atoms with Gasteiger partial charge in [-0.25, -0.2) is 0 Å². The molecule has 0 fully saturated rings. The van der Waals surface area contributed by atoms with Crippen LogP contribution in [0.3, 0.4) is 0 Å². The maximum atomic E-state index is 11.5. The number of fused-ring (bicyclic) bond motifs is 1. The third kappa shape index (κ3) is 2.92. The minimum Gasteiger partial charge on any atom is -0.479 e. The van der Waals surface area contributed by atoms with Gasteiger partial charge >= 0.3 is 0 Å². The maximum absolute atomic E-state index is 11.5. The first kappa shape index (κ1) is 12.3. The highest BCUT2D eigenvalue weighted by Crippen LogP contribution is 2.30. The monoisotopic (exact) mass is 252 g/mol. The number of amides is 1. The van der Waals surface area contributed by atoms with Gasteiger partial charge in [0.15, 0.2) is 6.10 Å². The fraction of sp³-hybridized carbons (Fsp3) is 0.417. The van der Waals surface area contributed by atoms with E-state index in [2.05, 4.69) is 23.3 Å². The maximum Gasteiger partial charge on any atom is 0.265 e. The van der Waals surface area contributed by atoms with E-state index in [1.54, 1.807) is 6.92 Å². The molecule has 0 bridgehead atoms. The van der Waals surface area contributed by atoms with Crippen molar-refractivity contribution in [3.05, 3.63) is 23.8 Å². The van der Waals surface area contributed by atoms with Crippen molar-refractivity contribution in [2.24, 2.45) is 0 Å². The minimum atomic E-state index is -0.421. The SMILES string of the molecule is CC1Oc2ccc(CNCCS)cc2NC1=O. The number of hydrogen-bond acceptors (Lipinski definition) is 4. The molecular weight excluding hydrogens is 236 g/mol. The summed E-state index contributed by atoms with van der Waals surface area (Å²) in [6, 6.07) is 5.82. The number of benzene rings is 1. The van der Waals surface area contributed by atoms with Gasteiger partial charge in [0.2, 0.25) is 0 Å². The highest BCUT2D eigenvalue weighted by Gasteiger charge is 2.23. The second-order valence-corrected chi connectivity index (χ2v) is 4.43. The van der Waals surface area contributed by atoms with E-state index in [0.29, 0.717) is 0 Å². The Morgan fingerprint density at radius 1 is 1.53 bits per heavy atom. The molecule has 1 aromatic rings. The Morgan fingerprint density at radius 2 is 2.35 bits per heavy atom. The lowest BCUT2D eigenvalue weighted by atomic mass is 10.1. The molecule has 1 aliphatic heterocycles. The largest absolute Gasteiger partial charge is 0.479 e. The van der Waals surface area contributed by atoms with Crippen molar-refractivity contribution >= 4 is 24.2 Å². The van der Waals surface area contributed by atoms with Crippen molar-refractivity contribution in [2.75, 3.05) is 17.6 Å². The molecule has 0 radical (unpaired) electrons. The van der Waals surface area contributed by atoms with Crippen LogP contribution in [0.15, 0.2) is 18.2 Å². The van der Waals surface area contributed by atoms with Crippen LogP contribution in [0.1, 0.15) is 12.5 Å². The van der Waals surface area contributed by atoms with Crippen LogP contribution >= 0.6 is 12.6 Å². The molecule has 0 aliphatic carbocycles. The quantitative estimate of drug-likeness (QED) is 0.561. The van der Waals surface area contributed by atoms with Crippen LogP contribution in [0.5, 0.6) is 5.75 Å². The Morgan fingerprint density at radius 3 is 3.12 bits per heavy atom. The van der Waals surface area contributed by atoms with E-state index < -0.39 is 6.10 Å². The topological polar surface area (TPSA) is 50.4 Å². The van der Waals surface area contributed by atoms with E-state index in [1.165, 1.54) is 0 Å². The van der Waals surface area contributed by atoms with Crippen LogP contribution in [0.2, 0.25) is 0 Å². The molecule has 17 heavy (non-hydrogen) atoms. The molecule has 1 aliphatic rings. The number of ether oxygens (including phenoxy) is 1. The van der Waals surface area contributed by atoms with Crippen LogP contribution in [-0.4, -0.2) is 24.3 Å². The lowest BCUT2D eigenvalue weighted by molar-refractivity contribution is -0.122. The average Bonchev–Trinajstić information content (AvgIpc) is 2.31. The molecule has 0 spiro atoms. The molecule has 2 N–H and O–H groups in total. The van der Waals surface area contributed by atoms with E-state index in [1.807, 2.05) is 18.2 Å². The molecule has 0 saturated carbocycles. The van der Waals surface area contributed by atoms with Crippen LogP contribution in [0.4, 0.5) is 5.69 Å². The highest BCUT2D eigenvalue weighted by atomic mass is 32.1. The van der Waals surface area contributed by atoms with Gasteiger partial charge in [0.1, 0.15) is 5.75 Å². The summed E-state index contributed by atoms with van der Waals surface area (Å²) in [4.78, 5) is 11.5. The Bertz CT molecular complexity index is 423. The molecule has 92 valence electrons. The van der Waals surface area contributed by atoms with Crippen molar-refractivity contribution in [2.45, 2.75) is 19.6 Å². The van der Waals surface area contributed by atoms with Crippen molar-refractivity contribution in [1.29, 1.82) is 0 Å². The molecule has 1 aromatic carbocycles. The summed E-state index contributed by atoms with van der Waals surface area (Å²) in [5, 5.41) is 6.08. The molecule has 1 amide bonds. The molecule has 5 heteroatoms. The Labute approximate surface area is 106 Å². The standard InChI is InChI=1S/C12H16N2O2S/c1-8-12(15)14-10-6-9(7-13-4-5-17)2-3-11(10)16-8/h2-3,6,8,13,17H,4-5,7H2,1H3,(H,14,15). The van der Waals surface area contributed by atoms with Crippen LogP contribution in [0.25, 0.3) is 0 Å². The number of carbonyl (C=O) groups excluding carboxylic acids is 1. The predicted molar refractivity (Wildman–Crippen MR) is 70.7 cm³/mol. The fourth-order valence-electron chi connectivity index (χ4n) is 1.68. The molecular formula is C12H16N2O2S. The number of anilines is 1. The van der Waals surface area contributed by atoms with Crippen molar-refractivity contribution in [3.63, 3.8) is 0 Å². The van der Waals surface area contributed by atoms with Gasteiger partial charge < -0.3 is 15.4 Å².